The van der Waals surface area contributed by atoms with E-state index in [-0.39, 0.29) is 11.7 Å². The molecule has 1 N–H and O–H groups in total. The lowest BCUT2D eigenvalue weighted by Gasteiger charge is -2.23. The van der Waals surface area contributed by atoms with Crippen LogP contribution >= 0.6 is 15.9 Å². The zero-order valence-electron chi connectivity index (χ0n) is 17.6. The second-order valence-corrected chi connectivity index (χ2v) is 8.09. The first-order valence-corrected chi connectivity index (χ1v) is 10.8. The molecular formula is C23H26BrN3O3. The molecule has 0 unspecified atom stereocenters. The van der Waals surface area contributed by atoms with E-state index in [0.29, 0.717) is 17.0 Å². The summed E-state index contributed by atoms with van der Waals surface area (Å²) in [6.07, 6.45) is 1.56. The summed E-state index contributed by atoms with van der Waals surface area (Å²) in [5, 5.41) is 1.26. The molecule has 0 aromatic heterocycles. The van der Waals surface area contributed by atoms with Crippen LogP contribution in [0.5, 0.6) is 5.75 Å². The summed E-state index contributed by atoms with van der Waals surface area (Å²) in [6.45, 7) is 9.84. The van der Waals surface area contributed by atoms with Gasteiger partial charge in [-0.2, -0.15) is 0 Å². The summed E-state index contributed by atoms with van der Waals surface area (Å²) < 4.78 is 6.89. The maximum absolute atomic E-state index is 12.9. The third kappa shape index (κ3) is 4.67. The molecule has 2 amide bonds. The van der Waals surface area contributed by atoms with Gasteiger partial charge in [0.05, 0.1) is 11.8 Å². The van der Waals surface area contributed by atoms with Gasteiger partial charge in [-0.1, -0.05) is 15.9 Å². The minimum atomic E-state index is -0.439. The highest BCUT2D eigenvalue weighted by Crippen LogP contribution is 2.30. The molecule has 1 aliphatic rings. The van der Waals surface area contributed by atoms with Crippen LogP contribution in [0.25, 0.3) is 6.08 Å². The van der Waals surface area contributed by atoms with E-state index in [1.54, 1.807) is 18.2 Å². The maximum Gasteiger partial charge on any atom is 0.282 e. The molecule has 1 saturated heterocycles. The summed E-state index contributed by atoms with van der Waals surface area (Å²) in [5.41, 5.74) is 5.02. The van der Waals surface area contributed by atoms with Crippen LogP contribution in [0.4, 0.5) is 11.4 Å². The largest absolute Gasteiger partial charge is 0.490 e. The monoisotopic (exact) mass is 471 g/mol. The fourth-order valence-corrected chi connectivity index (χ4v) is 3.53. The van der Waals surface area contributed by atoms with Crippen molar-refractivity contribution in [1.29, 1.82) is 0 Å². The Balaban J connectivity index is 1.97. The number of hydrazine groups is 1. The number of carbonyl (C=O) groups is 2. The Morgan fingerprint density at radius 3 is 2.37 bits per heavy atom. The Morgan fingerprint density at radius 2 is 1.77 bits per heavy atom. The molecule has 0 spiro atoms. The number of rotatable bonds is 7. The third-order valence-electron chi connectivity index (χ3n) is 4.76. The number of carbonyl (C=O) groups excluding carboxylic acids is 2. The predicted molar refractivity (Wildman–Crippen MR) is 124 cm³/mol. The van der Waals surface area contributed by atoms with Gasteiger partial charge in [0, 0.05) is 34.9 Å². The SMILES string of the molecule is CCN(CC)c1ccc(/C=C2/C(=O)NN(c3ccc(Br)cc3)C2=O)c(OC(C)C)c1. The second-order valence-electron chi connectivity index (χ2n) is 7.18. The summed E-state index contributed by atoms with van der Waals surface area (Å²) in [7, 11) is 0. The molecule has 0 radical (unpaired) electrons. The maximum atomic E-state index is 12.9. The fraction of sp³-hybridized carbons (Fsp3) is 0.304. The van der Waals surface area contributed by atoms with Crippen LogP contribution in [-0.2, 0) is 9.59 Å². The van der Waals surface area contributed by atoms with Crippen molar-refractivity contribution in [1.82, 2.24) is 5.43 Å². The zero-order chi connectivity index (χ0) is 21.8. The molecule has 0 aliphatic carbocycles. The lowest BCUT2D eigenvalue weighted by molar-refractivity contribution is -0.117. The van der Waals surface area contributed by atoms with E-state index in [1.807, 2.05) is 44.2 Å². The van der Waals surface area contributed by atoms with E-state index < -0.39 is 11.8 Å². The van der Waals surface area contributed by atoms with Crippen molar-refractivity contribution in [3.63, 3.8) is 0 Å². The van der Waals surface area contributed by atoms with E-state index in [0.717, 1.165) is 23.2 Å². The Morgan fingerprint density at radius 1 is 1.10 bits per heavy atom. The van der Waals surface area contributed by atoms with Gasteiger partial charge in [0.25, 0.3) is 11.8 Å². The number of amides is 2. The Bertz CT molecular complexity index is 966. The van der Waals surface area contributed by atoms with Crippen molar-refractivity contribution in [3.05, 3.63) is 58.1 Å². The van der Waals surface area contributed by atoms with Gasteiger partial charge >= 0.3 is 0 Å². The van der Waals surface area contributed by atoms with Gasteiger partial charge in [-0.05, 0) is 70.2 Å². The standard InChI is InChI=1S/C23H26BrN3O3/c1-5-26(6-2)19-10-7-16(21(14-19)30-15(3)4)13-20-22(28)25-27(23(20)29)18-11-8-17(24)9-12-18/h7-15H,5-6H2,1-4H3,(H,25,28)/b20-13-. The summed E-state index contributed by atoms with van der Waals surface area (Å²) in [6, 6.07) is 13.0. The van der Waals surface area contributed by atoms with Crippen molar-refractivity contribution in [2.24, 2.45) is 0 Å². The first-order valence-electron chi connectivity index (χ1n) is 10.0. The normalized spacial score (nSPS) is 15.1. The minimum absolute atomic E-state index is 0.0403. The van der Waals surface area contributed by atoms with E-state index in [1.165, 1.54) is 5.01 Å². The van der Waals surface area contributed by atoms with Crippen LogP contribution in [-0.4, -0.2) is 31.0 Å². The molecule has 2 aromatic rings. The fourth-order valence-electron chi connectivity index (χ4n) is 3.27. The first kappa shape index (κ1) is 21.9. The second kappa shape index (κ2) is 9.34. The van der Waals surface area contributed by atoms with Gasteiger partial charge in [0.2, 0.25) is 0 Å². The molecule has 6 nitrogen and oxygen atoms in total. The summed E-state index contributed by atoms with van der Waals surface area (Å²) in [5.74, 6) is -0.193. The first-order chi connectivity index (χ1) is 14.3. The van der Waals surface area contributed by atoms with Crippen LogP contribution in [0, 0.1) is 0 Å². The van der Waals surface area contributed by atoms with E-state index >= 15 is 0 Å². The zero-order valence-corrected chi connectivity index (χ0v) is 19.2. The topological polar surface area (TPSA) is 61.9 Å². The smallest absolute Gasteiger partial charge is 0.282 e. The van der Waals surface area contributed by atoms with Gasteiger partial charge < -0.3 is 9.64 Å². The van der Waals surface area contributed by atoms with E-state index in [9.17, 15) is 9.59 Å². The number of nitrogens with zero attached hydrogens (tertiary/aromatic N) is 2. The number of hydrogen-bond acceptors (Lipinski definition) is 4. The predicted octanol–water partition coefficient (Wildman–Crippen LogP) is 4.54. The molecule has 0 atom stereocenters. The van der Waals surface area contributed by atoms with Crippen molar-refractivity contribution >= 4 is 45.2 Å². The average Bonchev–Trinajstić information content (AvgIpc) is 2.99. The van der Waals surface area contributed by atoms with Crippen LogP contribution in [0.3, 0.4) is 0 Å². The molecule has 158 valence electrons. The van der Waals surface area contributed by atoms with Crippen molar-refractivity contribution in [2.45, 2.75) is 33.8 Å². The molecule has 1 heterocycles. The van der Waals surface area contributed by atoms with Crippen molar-refractivity contribution in [2.75, 3.05) is 23.0 Å². The highest BCUT2D eigenvalue weighted by molar-refractivity contribution is 9.10. The number of halogens is 1. The van der Waals surface area contributed by atoms with Crippen molar-refractivity contribution in [3.8, 4) is 5.75 Å². The van der Waals surface area contributed by atoms with Gasteiger partial charge in [0.15, 0.2) is 0 Å². The molecule has 1 aliphatic heterocycles. The molecule has 2 aromatic carbocycles. The number of nitrogens with one attached hydrogen (secondary N) is 1. The molecule has 0 saturated carbocycles. The summed E-state index contributed by atoms with van der Waals surface area (Å²) >= 11 is 3.37. The van der Waals surface area contributed by atoms with Gasteiger partial charge in [-0.15, -0.1) is 0 Å². The Kier molecular flexibility index (Phi) is 6.82. The average molecular weight is 472 g/mol. The lowest BCUT2D eigenvalue weighted by atomic mass is 10.1. The highest BCUT2D eigenvalue weighted by atomic mass is 79.9. The van der Waals surface area contributed by atoms with Crippen molar-refractivity contribution < 1.29 is 14.3 Å². The lowest BCUT2D eigenvalue weighted by Crippen LogP contribution is -2.35. The molecule has 7 heteroatoms. The quantitative estimate of drug-likeness (QED) is 0.475. The van der Waals surface area contributed by atoms with E-state index in [4.69, 9.17) is 4.74 Å². The van der Waals surface area contributed by atoms with E-state index in [2.05, 4.69) is 40.1 Å². The number of hydrogen-bond donors (Lipinski definition) is 1. The van der Waals surface area contributed by atoms with Gasteiger partial charge in [0.1, 0.15) is 11.3 Å². The van der Waals surface area contributed by atoms with Gasteiger partial charge in [-0.25, -0.2) is 5.01 Å². The molecule has 0 bridgehead atoms. The number of ether oxygens (including phenoxy) is 1. The minimum Gasteiger partial charge on any atom is -0.490 e. The molecule has 3 rings (SSSR count). The van der Waals surface area contributed by atoms with Crippen LogP contribution < -0.4 is 20.1 Å². The van der Waals surface area contributed by atoms with Crippen LogP contribution in [0.1, 0.15) is 33.3 Å². The number of benzene rings is 2. The Hall–Kier alpha value is -2.80. The summed E-state index contributed by atoms with van der Waals surface area (Å²) in [4.78, 5) is 27.7. The molecule has 1 fully saturated rings. The van der Waals surface area contributed by atoms with Crippen LogP contribution in [0.15, 0.2) is 52.5 Å². The Labute approximate surface area is 185 Å². The third-order valence-corrected chi connectivity index (χ3v) is 5.29. The highest BCUT2D eigenvalue weighted by Gasteiger charge is 2.34. The molecule has 30 heavy (non-hydrogen) atoms. The number of anilines is 2. The van der Waals surface area contributed by atoms with Crippen LogP contribution in [0.2, 0.25) is 0 Å². The molecular weight excluding hydrogens is 446 g/mol. The van der Waals surface area contributed by atoms with Gasteiger partial charge in [-0.3, -0.25) is 15.0 Å².